The summed E-state index contributed by atoms with van der Waals surface area (Å²) >= 11 is 0. The van der Waals surface area contributed by atoms with Crippen LogP contribution in [0.1, 0.15) is 42.4 Å². The first kappa shape index (κ1) is 21.2. The number of carbonyl (C=O) groups excluding carboxylic acids is 1. The van der Waals surface area contributed by atoms with Gasteiger partial charge in [-0.1, -0.05) is 30.3 Å². The second-order valence-electron chi connectivity index (χ2n) is 7.94. The van der Waals surface area contributed by atoms with Crippen LogP contribution in [0.25, 0.3) is 10.9 Å². The third kappa shape index (κ3) is 5.53. The number of nitrogens with one attached hydrogen (secondary N) is 2. The molecule has 158 valence electrons. The summed E-state index contributed by atoms with van der Waals surface area (Å²) in [6.07, 6.45) is -0.200. The van der Waals surface area contributed by atoms with Crippen molar-refractivity contribution in [2.24, 2.45) is 0 Å². The number of aromatic amines is 1. The van der Waals surface area contributed by atoms with Gasteiger partial charge in [-0.3, -0.25) is 0 Å². The molecule has 7 nitrogen and oxygen atoms in total. The fourth-order valence-electron chi connectivity index (χ4n) is 3.10. The quantitative estimate of drug-likeness (QED) is 0.532. The zero-order valence-electron chi connectivity index (χ0n) is 17.3. The first-order chi connectivity index (χ1) is 14.2. The van der Waals surface area contributed by atoms with Crippen LogP contribution in [-0.2, 0) is 17.8 Å². The van der Waals surface area contributed by atoms with Gasteiger partial charge < -0.3 is 24.9 Å². The van der Waals surface area contributed by atoms with Crippen LogP contribution in [-0.4, -0.2) is 34.3 Å². The van der Waals surface area contributed by atoms with Crippen LogP contribution in [0.15, 0.2) is 48.5 Å². The molecule has 1 amide bonds. The molecule has 0 spiro atoms. The fourth-order valence-corrected chi connectivity index (χ4v) is 3.10. The normalized spacial score (nSPS) is 11.3. The van der Waals surface area contributed by atoms with Crippen molar-refractivity contribution in [3.8, 4) is 5.75 Å². The molecule has 0 saturated carbocycles. The maximum Gasteiger partial charge on any atom is 0.407 e. The van der Waals surface area contributed by atoms with Crippen molar-refractivity contribution in [2.45, 2.75) is 39.4 Å². The van der Waals surface area contributed by atoms with Gasteiger partial charge in [-0.25, -0.2) is 9.59 Å². The monoisotopic (exact) mass is 410 g/mol. The predicted octanol–water partition coefficient (Wildman–Crippen LogP) is 4.51. The average Bonchev–Trinajstić information content (AvgIpc) is 3.04. The highest BCUT2D eigenvalue weighted by Crippen LogP contribution is 2.28. The van der Waals surface area contributed by atoms with Crippen LogP contribution in [0.2, 0.25) is 0 Å². The number of amides is 1. The third-order valence-electron chi connectivity index (χ3n) is 4.38. The van der Waals surface area contributed by atoms with Crippen molar-refractivity contribution in [1.82, 2.24) is 10.3 Å². The lowest BCUT2D eigenvalue weighted by Crippen LogP contribution is -2.33. The topological polar surface area (TPSA) is 101 Å². The molecule has 0 aliphatic rings. The van der Waals surface area contributed by atoms with E-state index < -0.39 is 17.7 Å². The molecule has 0 atom stereocenters. The van der Waals surface area contributed by atoms with Crippen molar-refractivity contribution < 1.29 is 24.2 Å². The van der Waals surface area contributed by atoms with E-state index in [1.807, 2.05) is 36.4 Å². The van der Waals surface area contributed by atoms with E-state index in [4.69, 9.17) is 9.47 Å². The number of rotatable bonds is 7. The van der Waals surface area contributed by atoms with E-state index >= 15 is 0 Å². The molecular formula is C23H26N2O5. The lowest BCUT2D eigenvalue weighted by atomic mass is 10.1. The number of aromatic nitrogens is 1. The van der Waals surface area contributed by atoms with Gasteiger partial charge in [-0.05, 0) is 56.5 Å². The number of H-pyrrole nitrogens is 1. The van der Waals surface area contributed by atoms with E-state index in [-0.39, 0.29) is 12.2 Å². The number of carboxylic acids is 1. The Morgan fingerprint density at radius 2 is 1.83 bits per heavy atom. The standard InChI is InChI=1S/C23H26N2O5/c1-23(2,3)30-22(28)24-12-11-17-18-13-16(29-14-15-7-5-4-6-8-15)9-10-19(18)25-20(17)21(26)27/h4-10,13,25H,11-12,14H2,1-3H3,(H,24,28)(H,26,27). The molecule has 0 radical (unpaired) electrons. The summed E-state index contributed by atoms with van der Waals surface area (Å²) in [5, 5.41) is 13.0. The SMILES string of the molecule is CC(C)(C)OC(=O)NCCc1c(C(=O)O)[nH]c2ccc(OCc3ccccc3)cc12. The van der Waals surface area contributed by atoms with Gasteiger partial charge in [0.25, 0.3) is 0 Å². The Labute approximate surface area is 175 Å². The summed E-state index contributed by atoms with van der Waals surface area (Å²) in [4.78, 5) is 26.5. The van der Waals surface area contributed by atoms with E-state index in [9.17, 15) is 14.7 Å². The summed E-state index contributed by atoms with van der Waals surface area (Å²) in [7, 11) is 0. The highest BCUT2D eigenvalue weighted by Gasteiger charge is 2.19. The zero-order chi connectivity index (χ0) is 21.7. The molecule has 0 saturated heterocycles. The molecule has 3 rings (SSSR count). The van der Waals surface area contributed by atoms with Crippen LogP contribution >= 0.6 is 0 Å². The molecule has 3 aromatic rings. The Morgan fingerprint density at radius 3 is 2.50 bits per heavy atom. The predicted molar refractivity (Wildman–Crippen MR) is 114 cm³/mol. The lowest BCUT2D eigenvalue weighted by molar-refractivity contribution is 0.0528. The van der Waals surface area contributed by atoms with Crippen molar-refractivity contribution in [1.29, 1.82) is 0 Å². The van der Waals surface area contributed by atoms with E-state index in [0.717, 1.165) is 10.9 Å². The summed E-state index contributed by atoms with van der Waals surface area (Å²) in [5.41, 5.74) is 1.86. The molecule has 7 heteroatoms. The number of hydrogen-bond acceptors (Lipinski definition) is 4. The molecule has 1 heterocycles. The van der Waals surface area contributed by atoms with E-state index in [1.54, 1.807) is 32.9 Å². The Bertz CT molecular complexity index is 1030. The van der Waals surface area contributed by atoms with Crippen LogP contribution in [0.5, 0.6) is 5.75 Å². The maximum absolute atomic E-state index is 11.9. The summed E-state index contributed by atoms with van der Waals surface area (Å²) in [6.45, 7) is 6.01. The summed E-state index contributed by atoms with van der Waals surface area (Å²) in [5.74, 6) is -0.408. The number of carbonyl (C=O) groups is 2. The van der Waals surface area contributed by atoms with E-state index in [1.165, 1.54) is 0 Å². The van der Waals surface area contributed by atoms with E-state index in [0.29, 0.717) is 29.9 Å². The molecule has 2 aromatic carbocycles. The van der Waals surface area contributed by atoms with Gasteiger partial charge in [-0.15, -0.1) is 0 Å². The van der Waals surface area contributed by atoms with Gasteiger partial charge in [0.1, 0.15) is 23.7 Å². The molecule has 0 aliphatic carbocycles. The van der Waals surface area contributed by atoms with Gasteiger partial charge in [0, 0.05) is 17.4 Å². The Morgan fingerprint density at radius 1 is 1.10 bits per heavy atom. The van der Waals surface area contributed by atoms with E-state index in [2.05, 4.69) is 10.3 Å². The first-order valence-corrected chi connectivity index (χ1v) is 9.74. The lowest BCUT2D eigenvalue weighted by Gasteiger charge is -2.19. The number of ether oxygens (including phenoxy) is 2. The van der Waals surface area contributed by atoms with Gasteiger partial charge in [0.15, 0.2) is 0 Å². The van der Waals surface area contributed by atoms with Crippen molar-refractivity contribution in [3.63, 3.8) is 0 Å². The van der Waals surface area contributed by atoms with Crippen LogP contribution < -0.4 is 10.1 Å². The second-order valence-corrected chi connectivity index (χ2v) is 7.94. The minimum atomic E-state index is -1.05. The molecule has 0 aliphatic heterocycles. The highest BCUT2D eigenvalue weighted by atomic mass is 16.6. The van der Waals surface area contributed by atoms with Crippen molar-refractivity contribution in [2.75, 3.05) is 6.54 Å². The second kappa shape index (κ2) is 8.90. The first-order valence-electron chi connectivity index (χ1n) is 9.74. The highest BCUT2D eigenvalue weighted by molar-refractivity contribution is 5.97. The summed E-state index contributed by atoms with van der Waals surface area (Å²) < 4.78 is 11.1. The average molecular weight is 410 g/mol. The number of alkyl carbamates (subject to hydrolysis) is 1. The molecule has 0 bridgehead atoms. The molecule has 0 unspecified atom stereocenters. The van der Waals surface area contributed by atoms with Gasteiger partial charge in [0.2, 0.25) is 0 Å². The Balaban J connectivity index is 1.76. The number of benzene rings is 2. The van der Waals surface area contributed by atoms with Gasteiger partial charge in [-0.2, -0.15) is 0 Å². The van der Waals surface area contributed by atoms with Crippen LogP contribution in [0, 0.1) is 0 Å². The Hall–Kier alpha value is -3.48. The zero-order valence-corrected chi connectivity index (χ0v) is 17.3. The largest absolute Gasteiger partial charge is 0.489 e. The smallest absolute Gasteiger partial charge is 0.407 e. The number of hydrogen-bond donors (Lipinski definition) is 3. The van der Waals surface area contributed by atoms with Crippen LogP contribution in [0.3, 0.4) is 0 Å². The Kier molecular flexibility index (Phi) is 6.30. The van der Waals surface area contributed by atoms with Crippen molar-refractivity contribution >= 4 is 23.0 Å². The molecule has 0 fully saturated rings. The third-order valence-corrected chi connectivity index (χ3v) is 4.38. The number of carboxylic acid groups (broad SMARTS) is 1. The van der Waals surface area contributed by atoms with Gasteiger partial charge >= 0.3 is 12.1 Å². The minimum Gasteiger partial charge on any atom is -0.489 e. The minimum absolute atomic E-state index is 0.108. The van der Waals surface area contributed by atoms with Gasteiger partial charge in [0.05, 0.1) is 0 Å². The number of fused-ring (bicyclic) bond motifs is 1. The number of aromatic carboxylic acids is 1. The maximum atomic E-state index is 11.9. The summed E-state index contributed by atoms with van der Waals surface area (Å²) in [6, 6.07) is 15.2. The molecular weight excluding hydrogens is 384 g/mol. The van der Waals surface area contributed by atoms with Crippen molar-refractivity contribution in [3.05, 3.63) is 65.4 Å². The van der Waals surface area contributed by atoms with Crippen LogP contribution in [0.4, 0.5) is 4.79 Å². The fraction of sp³-hybridized carbons (Fsp3) is 0.304. The molecule has 30 heavy (non-hydrogen) atoms. The molecule has 1 aromatic heterocycles. The molecule has 3 N–H and O–H groups in total.